The number of benzene rings is 2. The molecule has 62 heavy (non-hydrogen) atoms. The van der Waals surface area contributed by atoms with Crippen molar-refractivity contribution in [3.63, 3.8) is 0 Å². The fourth-order valence-electron chi connectivity index (χ4n) is 7.82. The highest BCUT2D eigenvalue weighted by atomic mass is 16.5. The van der Waals surface area contributed by atoms with E-state index in [0.29, 0.717) is 6.54 Å². The van der Waals surface area contributed by atoms with Gasteiger partial charge in [-0.05, 0) is 85.9 Å². The van der Waals surface area contributed by atoms with Gasteiger partial charge in [0, 0.05) is 82.1 Å². The maximum atomic E-state index is 12.0. The number of carbonyl (C=O) groups is 3. The standard InChI is InChI=1S/C23H35N3O2.C22H32N4O2.C2H2O4/c1-18(2)6-4-5-11-25-12-14-26(15-13-25)17-23(27)20-9-10-24-22-8-7-19(28-3)16-21(20)22;1-3-4-5-6-7-12-24-13-15-25(16-14-24)26(18-27)22-10-11-23-21-9-8-19(28-2)17-20(21)22;3-1(4)2(5)6/h7-10,16,18,23,27H,4-6,11-15,17H2,1-3H3;8-11,17-18H,3-7,12-16H2,1-2H3;(H,3,4)(H,5,6)/t23-;;/m0../s1. The number of nitrogens with zero attached hydrogens (tertiary/aromatic N) is 7. The van der Waals surface area contributed by atoms with Gasteiger partial charge in [0.15, 0.2) is 0 Å². The molecule has 0 bridgehead atoms. The molecule has 2 saturated heterocycles. The Morgan fingerprint density at radius 1 is 0.710 bits per heavy atom. The normalized spacial score (nSPS) is 15.6. The third-order valence-electron chi connectivity index (χ3n) is 11.4. The summed E-state index contributed by atoms with van der Waals surface area (Å²) in [7, 11) is 3.31. The number of fused-ring (bicyclic) bond motifs is 2. The topological polar surface area (TPSA) is 172 Å². The number of hydrogen-bond acceptors (Lipinski definition) is 12. The number of carbonyl (C=O) groups excluding carboxylic acids is 1. The Kier molecular flexibility index (Phi) is 21.3. The van der Waals surface area contributed by atoms with Crippen molar-refractivity contribution in [2.75, 3.05) is 91.2 Å². The lowest BCUT2D eigenvalue weighted by molar-refractivity contribution is -0.159. The molecule has 4 aromatic rings. The molecule has 6 rings (SSSR count). The van der Waals surface area contributed by atoms with E-state index in [1.165, 1.54) is 57.9 Å². The number of pyridine rings is 2. The highest BCUT2D eigenvalue weighted by molar-refractivity contribution is 6.27. The van der Waals surface area contributed by atoms with Gasteiger partial charge >= 0.3 is 11.9 Å². The maximum Gasteiger partial charge on any atom is 0.414 e. The number of rotatable bonds is 19. The summed E-state index contributed by atoms with van der Waals surface area (Å²) < 4.78 is 10.7. The largest absolute Gasteiger partial charge is 0.497 e. The second kappa shape index (κ2) is 26.5. The van der Waals surface area contributed by atoms with Gasteiger partial charge < -0.3 is 34.6 Å². The van der Waals surface area contributed by atoms with Gasteiger partial charge in [0.25, 0.3) is 0 Å². The van der Waals surface area contributed by atoms with Gasteiger partial charge in [0.1, 0.15) is 11.5 Å². The van der Waals surface area contributed by atoms with Gasteiger partial charge in [0.2, 0.25) is 6.41 Å². The SMILES string of the molecule is CCCCCCCN1CCN(N(C=O)c2ccnc3ccc(OC)cc23)CC1.COc1ccc2nccc([C@@H](O)CN3CCN(CCCCC(C)C)CC3)c2c1.O=C(O)C(=O)O. The number of β-amino-alcohol motifs (C(OH)–C–C–N with tert-alkyl or cyclic N) is 1. The fourth-order valence-corrected chi connectivity index (χ4v) is 7.82. The molecule has 15 nitrogen and oxygen atoms in total. The Balaban J connectivity index is 0.000000241. The van der Waals surface area contributed by atoms with Crippen molar-refractivity contribution in [3.8, 4) is 11.5 Å². The predicted octanol–water partition coefficient (Wildman–Crippen LogP) is 6.59. The molecule has 0 saturated carbocycles. The summed E-state index contributed by atoms with van der Waals surface area (Å²) in [6, 6.07) is 15.4. The summed E-state index contributed by atoms with van der Waals surface area (Å²) in [4.78, 5) is 46.5. The van der Waals surface area contributed by atoms with E-state index in [9.17, 15) is 9.90 Å². The van der Waals surface area contributed by atoms with Crippen molar-refractivity contribution < 1.29 is 39.2 Å². The maximum absolute atomic E-state index is 12.0. The lowest BCUT2D eigenvalue weighted by Crippen LogP contribution is -2.53. The van der Waals surface area contributed by atoms with Crippen molar-refractivity contribution in [2.45, 2.75) is 78.2 Å². The summed E-state index contributed by atoms with van der Waals surface area (Å²) >= 11 is 0. The van der Waals surface area contributed by atoms with Gasteiger partial charge in [-0.15, -0.1) is 0 Å². The Morgan fingerprint density at radius 3 is 1.77 bits per heavy atom. The molecule has 1 amide bonds. The molecular formula is C47H69N7O8. The Morgan fingerprint density at radius 2 is 1.23 bits per heavy atom. The molecule has 3 N–H and O–H groups in total. The monoisotopic (exact) mass is 860 g/mol. The number of hydrogen-bond donors (Lipinski definition) is 3. The van der Waals surface area contributed by atoms with Crippen LogP contribution < -0.4 is 14.5 Å². The van der Waals surface area contributed by atoms with E-state index < -0.39 is 18.0 Å². The molecule has 0 unspecified atom stereocenters. The number of ether oxygens (including phenoxy) is 2. The van der Waals surface area contributed by atoms with Crippen LogP contribution in [-0.2, 0) is 14.4 Å². The van der Waals surface area contributed by atoms with Crippen LogP contribution in [-0.4, -0.2) is 150 Å². The smallest absolute Gasteiger partial charge is 0.414 e. The average molecular weight is 860 g/mol. The Labute approximate surface area is 367 Å². The number of aromatic nitrogens is 2. The first-order chi connectivity index (χ1) is 30.0. The van der Waals surface area contributed by atoms with Crippen LogP contribution in [0.5, 0.6) is 11.5 Å². The summed E-state index contributed by atoms with van der Waals surface area (Å²) in [5.74, 6) is -1.28. The number of anilines is 1. The van der Waals surface area contributed by atoms with Crippen LogP contribution in [0, 0.1) is 5.92 Å². The number of methoxy groups -OCH3 is 2. The number of unbranched alkanes of at least 4 members (excludes halogenated alkanes) is 5. The number of carboxylic acids is 2. The molecule has 15 heteroatoms. The number of hydrazine groups is 1. The third kappa shape index (κ3) is 15.8. The minimum atomic E-state index is -1.82. The molecule has 0 spiro atoms. The number of carboxylic acid groups (broad SMARTS) is 2. The lowest BCUT2D eigenvalue weighted by Gasteiger charge is -2.39. The van der Waals surface area contributed by atoms with Crippen molar-refractivity contribution in [3.05, 3.63) is 66.5 Å². The van der Waals surface area contributed by atoms with E-state index in [-0.39, 0.29) is 0 Å². The van der Waals surface area contributed by atoms with Crippen LogP contribution >= 0.6 is 0 Å². The Hall–Kier alpha value is -4.93. The molecule has 2 fully saturated rings. The van der Waals surface area contributed by atoms with Crippen LogP contribution in [0.15, 0.2) is 60.9 Å². The second-order valence-electron chi connectivity index (χ2n) is 16.3. The molecule has 2 aliphatic heterocycles. The lowest BCUT2D eigenvalue weighted by atomic mass is 10.0. The number of aliphatic hydroxyl groups excluding tert-OH is 1. The van der Waals surface area contributed by atoms with E-state index in [1.807, 2.05) is 48.5 Å². The number of piperazine rings is 2. The molecule has 2 aliphatic rings. The van der Waals surface area contributed by atoms with E-state index in [1.54, 1.807) is 31.6 Å². The molecule has 2 aromatic carbocycles. The van der Waals surface area contributed by atoms with Crippen molar-refractivity contribution in [1.82, 2.24) is 29.7 Å². The third-order valence-corrected chi connectivity index (χ3v) is 11.4. The highest BCUT2D eigenvalue weighted by Gasteiger charge is 2.24. The molecule has 340 valence electrons. The number of aliphatic hydroxyl groups is 1. The highest BCUT2D eigenvalue weighted by Crippen LogP contribution is 2.30. The average Bonchev–Trinajstić information content (AvgIpc) is 3.28. The van der Waals surface area contributed by atoms with Gasteiger partial charge in [-0.3, -0.25) is 19.7 Å². The second-order valence-corrected chi connectivity index (χ2v) is 16.3. The van der Waals surface area contributed by atoms with Crippen LogP contribution in [0.2, 0.25) is 0 Å². The van der Waals surface area contributed by atoms with E-state index >= 15 is 0 Å². The van der Waals surface area contributed by atoms with E-state index in [0.717, 1.165) is 116 Å². The van der Waals surface area contributed by atoms with Gasteiger partial charge in [-0.2, -0.15) is 0 Å². The first-order valence-corrected chi connectivity index (χ1v) is 22.1. The van der Waals surface area contributed by atoms with Gasteiger partial charge in [-0.25, -0.2) is 19.6 Å². The molecule has 2 aromatic heterocycles. The van der Waals surface area contributed by atoms with Crippen LogP contribution in [0.1, 0.15) is 83.8 Å². The minimum absolute atomic E-state index is 0.518. The molecule has 1 atom stereocenters. The zero-order valence-corrected chi connectivity index (χ0v) is 37.5. The van der Waals surface area contributed by atoms with Crippen LogP contribution in [0.3, 0.4) is 0 Å². The zero-order chi connectivity index (χ0) is 44.9. The summed E-state index contributed by atoms with van der Waals surface area (Å²) in [6.45, 7) is 17.8. The van der Waals surface area contributed by atoms with E-state index in [2.05, 4.69) is 50.4 Å². The molecular weight excluding hydrogens is 791 g/mol. The zero-order valence-electron chi connectivity index (χ0n) is 37.5. The first kappa shape index (κ1) is 49.7. The van der Waals surface area contributed by atoms with Crippen molar-refractivity contribution in [2.24, 2.45) is 5.92 Å². The molecule has 0 aliphatic carbocycles. The van der Waals surface area contributed by atoms with Crippen LogP contribution in [0.4, 0.5) is 5.69 Å². The fraction of sp³-hybridized carbons (Fsp3) is 0.553. The summed E-state index contributed by atoms with van der Waals surface area (Å²) in [6.07, 6.45) is 14.4. The molecule has 0 radical (unpaired) electrons. The van der Waals surface area contributed by atoms with Crippen molar-refractivity contribution in [1.29, 1.82) is 0 Å². The van der Waals surface area contributed by atoms with Crippen molar-refractivity contribution >= 4 is 45.8 Å². The molecule has 4 heterocycles. The van der Waals surface area contributed by atoms with Crippen LogP contribution in [0.25, 0.3) is 21.8 Å². The first-order valence-electron chi connectivity index (χ1n) is 22.1. The van der Waals surface area contributed by atoms with Gasteiger partial charge in [-0.1, -0.05) is 59.3 Å². The summed E-state index contributed by atoms with van der Waals surface area (Å²) in [5.41, 5.74) is 3.53. The number of aliphatic carboxylic acids is 2. The number of amides is 1. The quantitative estimate of drug-likeness (QED) is 0.0524. The minimum Gasteiger partial charge on any atom is -0.497 e. The Bertz CT molecular complexity index is 1960. The van der Waals surface area contributed by atoms with Gasteiger partial charge in [0.05, 0.1) is 37.0 Å². The summed E-state index contributed by atoms with van der Waals surface area (Å²) in [5, 5.41) is 31.4. The predicted molar refractivity (Wildman–Crippen MR) is 244 cm³/mol. The van der Waals surface area contributed by atoms with E-state index in [4.69, 9.17) is 29.3 Å².